The summed E-state index contributed by atoms with van der Waals surface area (Å²) in [6, 6.07) is 14.7. The first-order valence-electron chi connectivity index (χ1n) is 8.21. The number of ether oxygens (including phenoxy) is 2. The third-order valence-electron chi connectivity index (χ3n) is 3.40. The molecular formula is C19H23ClN2O3. The van der Waals surface area contributed by atoms with Crippen LogP contribution in [0.3, 0.4) is 0 Å². The molecule has 0 radical (unpaired) electrons. The number of nitrogens with one attached hydrogen (secondary N) is 2. The number of carbonyl (C=O) groups is 1. The van der Waals surface area contributed by atoms with Gasteiger partial charge in [0.1, 0.15) is 0 Å². The van der Waals surface area contributed by atoms with Gasteiger partial charge in [-0.2, -0.15) is 0 Å². The van der Waals surface area contributed by atoms with Crippen LogP contribution in [-0.2, 0) is 22.6 Å². The van der Waals surface area contributed by atoms with E-state index in [1.165, 1.54) is 0 Å². The molecule has 0 saturated carbocycles. The van der Waals surface area contributed by atoms with Crippen molar-refractivity contribution in [1.82, 2.24) is 5.32 Å². The highest BCUT2D eigenvalue weighted by Crippen LogP contribution is 2.12. The van der Waals surface area contributed by atoms with Crippen molar-refractivity contribution in [3.8, 4) is 0 Å². The van der Waals surface area contributed by atoms with E-state index in [0.717, 1.165) is 16.8 Å². The third-order valence-corrected chi connectivity index (χ3v) is 3.65. The molecule has 0 aliphatic carbocycles. The van der Waals surface area contributed by atoms with Crippen molar-refractivity contribution in [3.63, 3.8) is 0 Å². The Hall–Kier alpha value is -2.08. The molecule has 2 aromatic rings. The summed E-state index contributed by atoms with van der Waals surface area (Å²) in [5, 5.41) is 6.30. The zero-order valence-corrected chi connectivity index (χ0v) is 15.0. The Morgan fingerprint density at radius 1 is 1.04 bits per heavy atom. The van der Waals surface area contributed by atoms with Gasteiger partial charge in [-0.25, -0.2) is 4.79 Å². The summed E-state index contributed by atoms with van der Waals surface area (Å²) in [6.45, 7) is 4.69. The first kappa shape index (κ1) is 19.2. The first-order chi connectivity index (χ1) is 12.2. The number of urea groups is 1. The van der Waals surface area contributed by atoms with Crippen LogP contribution in [0.4, 0.5) is 10.5 Å². The maximum Gasteiger partial charge on any atom is 0.319 e. The van der Waals surface area contributed by atoms with Gasteiger partial charge in [0.05, 0.1) is 19.8 Å². The Morgan fingerprint density at radius 2 is 1.80 bits per heavy atom. The normalized spacial score (nSPS) is 10.5. The average molecular weight is 363 g/mol. The topological polar surface area (TPSA) is 59.6 Å². The zero-order valence-electron chi connectivity index (χ0n) is 14.3. The van der Waals surface area contributed by atoms with Gasteiger partial charge in [-0.1, -0.05) is 35.9 Å². The van der Waals surface area contributed by atoms with E-state index < -0.39 is 0 Å². The highest BCUT2D eigenvalue weighted by atomic mass is 35.5. The Bertz CT molecular complexity index is 662. The molecule has 0 unspecified atom stereocenters. The second kappa shape index (κ2) is 10.7. The number of anilines is 1. The summed E-state index contributed by atoms with van der Waals surface area (Å²) >= 11 is 5.84. The molecule has 0 aliphatic heterocycles. The molecule has 0 bridgehead atoms. The van der Waals surface area contributed by atoms with E-state index >= 15 is 0 Å². The van der Waals surface area contributed by atoms with Crippen LogP contribution in [-0.4, -0.2) is 25.9 Å². The van der Waals surface area contributed by atoms with E-state index in [1.807, 2.05) is 43.3 Å². The van der Waals surface area contributed by atoms with Crippen molar-refractivity contribution in [2.24, 2.45) is 0 Å². The lowest BCUT2D eigenvalue weighted by Gasteiger charge is -2.10. The Labute approximate surface area is 153 Å². The maximum atomic E-state index is 12.0. The van der Waals surface area contributed by atoms with Gasteiger partial charge in [-0.3, -0.25) is 0 Å². The summed E-state index contributed by atoms with van der Waals surface area (Å²) in [5.74, 6) is 0. The van der Waals surface area contributed by atoms with Crippen LogP contribution in [0.15, 0.2) is 48.5 Å². The number of carbonyl (C=O) groups excluding carboxylic acids is 1. The van der Waals surface area contributed by atoms with Gasteiger partial charge in [0, 0.05) is 23.9 Å². The van der Waals surface area contributed by atoms with Crippen LogP contribution >= 0.6 is 11.6 Å². The van der Waals surface area contributed by atoms with E-state index in [4.69, 9.17) is 21.1 Å². The fourth-order valence-electron chi connectivity index (χ4n) is 2.15. The molecule has 0 fully saturated rings. The molecule has 0 spiro atoms. The van der Waals surface area contributed by atoms with Crippen molar-refractivity contribution < 1.29 is 14.3 Å². The van der Waals surface area contributed by atoms with Gasteiger partial charge in [0.25, 0.3) is 0 Å². The van der Waals surface area contributed by atoms with E-state index in [1.54, 1.807) is 12.1 Å². The van der Waals surface area contributed by atoms with Gasteiger partial charge in [0.15, 0.2) is 0 Å². The predicted octanol–water partition coefficient (Wildman–Crippen LogP) is 4.21. The fraction of sp³-hybridized carbons (Fsp3) is 0.316. The molecule has 5 nitrogen and oxygen atoms in total. The Balaban J connectivity index is 1.76. The number of rotatable bonds is 9. The van der Waals surface area contributed by atoms with Crippen molar-refractivity contribution in [3.05, 3.63) is 64.7 Å². The van der Waals surface area contributed by atoms with Crippen LogP contribution in [0.5, 0.6) is 0 Å². The van der Waals surface area contributed by atoms with Crippen molar-refractivity contribution in [1.29, 1.82) is 0 Å². The molecule has 0 aliphatic rings. The molecule has 0 aromatic heterocycles. The standard InChI is InChI=1S/C19H23ClN2O3/c1-2-24-10-11-25-14-16-4-3-5-18(12-16)22-19(23)21-13-15-6-8-17(20)9-7-15/h3-9,12H,2,10-11,13-14H2,1H3,(H2,21,22,23). The van der Waals surface area contributed by atoms with E-state index in [2.05, 4.69) is 10.6 Å². The molecule has 2 rings (SSSR count). The average Bonchev–Trinajstić information content (AvgIpc) is 2.61. The molecular weight excluding hydrogens is 340 g/mol. The second-order valence-electron chi connectivity index (χ2n) is 5.38. The molecule has 2 amide bonds. The predicted molar refractivity (Wildman–Crippen MR) is 99.9 cm³/mol. The summed E-state index contributed by atoms with van der Waals surface area (Å²) in [6.07, 6.45) is 0. The highest BCUT2D eigenvalue weighted by molar-refractivity contribution is 6.30. The summed E-state index contributed by atoms with van der Waals surface area (Å²) < 4.78 is 10.8. The van der Waals surface area contributed by atoms with Crippen molar-refractivity contribution in [2.75, 3.05) is 25.1 Å². The van der Waals surface area contributed by atoms with Crippen LogP contribution in [0.2, 0.25) is 5.02 Å². The zero-order chi connectivity index (χ0) is 17.9. The van der Waals surface area contributed by atoms with Gasteiger partial charge >= 0.3 is 6.03 Å². The summed E-state index contributed by atoms with van der Waals surface area (Å²) in [5.41, 5.74) is 2.70. The van der Waals surface area contributed by atoms with Crippen LogP contribution < -0.4 is 10.6 Å². The molecule has 25 heavy (non-hydrogen) atoms. The van der Waals surface area contributed by atoms with E-state index in [9.17, 15) is 4.79 Å². The molecule has 2 N–H and O–H groups in total. The lowest BCUT2D eigenvalue weighted by molar-refractivity contribution is 0.0453. The third kappa shape index (κ3) is 7.56. The highest BCUT2D eigenvalue weighted by Gasteiger charge is 2.03. The molecule has 0 heterocycles. The molecule has 0 saturated heterocycles. The number of benzene rings is 2. The van der Waals surface area contributed by atoms with Crippen LogP contribution in [0, 0.1) is 0 Å². The second-order valence-corrected chi connectivity index (χ2v) is 5.82. The molecule has 6 heteroatoms. The number of amides is 2. The SMILES string of the molecule is CCOCCOCc1cccc(NC(=O)NCc2ccc(Cl)cc2)c1. The molecule has 2 aromatic carbocycles. The van der Waals surface area contributed by atoms with Crippen molar-refractivity contribution >= 4 is 23.3 Å². The molecule has 0 atom stereocenters. The minimum Gasteiger partial charge on any atom is -0.379 e. The minimum absolute atomic E-state index is 0.260. The summed E-state index contributed by atoms with van der Waals surface area (Å²) in [7, 11) is 0. The monoisotopic (exact) mass is 362 g/mol. The van der Waals surface area contributed by atoms with Gasteiger partial charge in [-0.15, -0.1) is 0 Å². The first-order valence-corrected chi connectivity index (χ1v) is 8.59. The lowest BCUT2D eigenvalue weighted by atomic mass is 10.2. The Kier molecular flexibility index (Phi) is 8.25. The van der Waals surface area contributed by atoms with E-state index in [0.29, 0.717) is 38.0 Å². The Morgan fingerprint density at radius 3 is 2.56 bits per heavy atom. The number of hydrogen-bond donors (Lipinski definition) is 2. The van der Waals surface area contributed by atoms with Gasteiger partial charge < -0.3 is 20.1 Å². The van der Waals surface area contributed by atoms with Gasteiger partial charge in [0.2, 0.25) is 0 Å². The largest absolute Gasteiger partial charge is 0.379 e. The lowest BCUT2D eigenvalue weighted by Crippen LogP contribution is -2.28. The number of hydrogen-bond acceptors (Lipinski definition) is 3. The maximum absolute atomic E-state index is 12.0. The number of halogens is 1. The van der Waals surface area contributed by atoms with Crippen LogP contribution in [0.1, 0.15) is 18.1 Å². The smallest absolute Gasteiger partial charge is 0.319 e. The molecule has 134 valence electrons. The van der Waals surface area contributed by atoms with Gasteiger partial charge in [-0.05, 0) is 42.3 Å². The van der Waals surface area contributed by atoms with E-state index in [-0.39, 0.29) is 6.03 Å². The fourth-order valence-corrected chi connectivity index (χ4v) is 2.28. The van der Waals surface area contributed by atoms with Crippen LogP contribution in [0.25, 0.3) is 0 Å². The quantitative estimate of drug-likeness (QED) is 0.657. The minimum atomic E-state index is -0.260. The summed E-state index contributed by atoms with van der Waals surface area (Å²) in [4.78, 5) is 12.0. The van der Waals surface area contributed by atoms with Crippen molar-refractivity contribution in [2.45, 2.75) is 20.1 Å².